The van der Waals surface area contributed by atoms with Crippen LogP contribution in [-0.2, 0) is 9.59 Å². The van der Waals surface area contributed by atoms with Gasteiger partial charge in [0.15, 0.2) is 0 Å². The maximum absolute atomic E-state index is 13.5. The summed E-state index contributed by atoms with van der Waals surface area (Å²) in [6.45, 7) is 0.291. The van der Waals surface area contributed by atoms with Crippen LogP contribution in [0.5, 0.6) is 5.75 Å². The summed E-state index contributed by atoms with van der Waals surface area (Å²) in [7, 11) is 0. The summed E-state index contributed by atoms with van der Waals surface area (Å²) in [4.78, 5) is 25.0. The Morgan fingerprint density at radius 1 is 1.08 bits per heavy atom. The first-order valence-electron chi connectivity index (χ1n) is 8.14. The number of hydrogen-bond acceptors (Lipinski definition) is 3. The van der Waals surface area contributed by atoms with E-state index in [9.17, 15) is 14.0 Å². The van der Waals surface area contributed by atoms with Crippen LogP contribution in [0.15, 0.2) is 42.5 Å². The van der Waals surface area contributed by atoms with Crippen molar-refractivity contribution in [2.75, 3.05) is 6.54 Å². The molecule has 2 aromatic carbocycles. The number of likely N-dealkylation sites (tertiary alicyclic amines) is 1. The molecule has 2 aromatic rings. The molecule has 0 bridgehead atoms. The fraction of sp³-hybridized carbons (Fsp3) is 0.263. The highest BCUT2D eigenvalue weighted by atomic mass is 127. The number of carbonyl (C=O) groups is 2. The molecule has 0 saturated carbocycles. The summed E-state index contributed by atoms with van der Waals surface area (Å²) in [6.07, 6.45) is 0.608. The van der Waals surface area contributed by atoms with Crippen LogP contribution < -0.4 is 4.74 Å². The van der Waals surface area contributed by atoms with E-state index in [0.29, 0.717) is 18.7 Å². The number of rotatable bonds is 6. The first-order valence-corrected chi connectivity index (χ1v) is 10.3. The zero-order valence-electron chi connectivity index (χ0n) is 13.8. The molecule has 0 N–H and O–H groups in total. The Balaban J connectivity index is 1.83. The highest BCUT2D eigenvalue weighted by molar-refractivity contribution is 14.1. The number of halogens is 3. The molecular formula is C19H16FI2NO3. The highest BCUT2D eigenvalue weighted by Gasteiger charge is 2.30. The summed E-state index contributed by atoms with van der Waals surface area (Å²) in [5, 5.41) is 0. The van der Waals surface area contributed by atoms with Gasteiger partial charge in [0.2, 0.25) is 11.8 Å². The van der Waals surface area contributed by atoms with E-state index in [0.717, 1.165) is 12.7 Å². The second-order valence-electron chi connectivity index (χ2n) is 5.96. The average Bonchev–Trinajstić information content (AvgIpc) is 2.90. The molecule has 1 atom stereocenters. The monoisotopic (exact) mass is 579 g/mol. The Morgan fingerprint density at radius 3 is 2.46 bits per heavy atom. The van der Waals surface area contributed by atoms with Gasteiger partial charge in [-0.15, -0.1) is 0 Å². The molecule has 3 rings (SSSR count). The molecule has 1 aliphatic rings. The Hall–Kier alpha value is -1.23. The van der Waals surface area contributed by atoms with Crippen molar-refractivity contribution in [1.29, 1.82) is 0 Å². The van der Waals surface area contributed by atoms with Gasteiger partial charge >= 0.3 is 0 Å². The first-order chi connectivity index (χ1) is 12.4. The molecule has 1 unspecified atom stereocenters. The second kappa shape index (κ2) is 8.64. The summed E-state index contributed by atoms with van der Waals surface area (Å²) < 4.78 is 21.4. The lowest BCUT2D eigenvalue weighted by Crippen LogP contribution is -2.31. The smallest absolute Gasteiger partial charge is 0.229 e. The summed E-state index contributed by atoms with van der Waals surface area (Å²) >= 11 is 4.28. The first kappa shape index (κ1) is 19.5. The highest BCUT2D eigenvalue weighted by Crippen LogP contribution is 2.30. The van der Waals surface area contributed by atoms with Gasteiger partial charge in [0, 0.05) is 38.5 Å². The number of amides is 2. The minimum atomic E-state index is -0.387. The molecule has 0 aromatic heterocycles. The van der Waals surface area contributed by atoms with Crippen molar-refractivity contribution >= 4 is 57.0 Å². The van der Waals surface area contributed by atoms with Crippen LogP contribution in [0.3, 0.4) is 0 Å². The number of benzene rings is 2. The van der Waals surface area contributed by atoms with E-state index >= 15 is 0 Å². The van der Waals surface area contributed by atoms with Gasteiger partial charge in [0.1, 0.15) is 17.7 Å². The van der Waals surface area contributed by atoms with Crippen molar-refractivity contribution in [2.24, 2.45) is 0 Å². The fourth-order valence-corrected chi connectivity index (χ4v) is 4.20. The molecule has 0 aliphatic carbocycles. The van der Waals surface area contributed by atoms with Crippen LogP contribution in [-0.4, -0.2) is 23.3 Å². The third-order valence-electron chi connectivity index (χ3n) is 4.15. The summed E-state index contributed by atoms with van der Waals surface area (Å²) in [5.41, 5.74) is 0.838. The molecule has 0 spiro atoms. The van der Waals surface area contributed by atoms with Gasteiger partial charge in [0.25, 0.3) is 0 Å². The van der Waals surface area contributed by atoms with E-state index in [1.807, 2.05) is 24.3 Å². The molecule has 7 heteroatoms. The number of carbonyl (C=O) groups excluding carboxylic acids is 2. The molecular weight excluding hydrogens is 563 g/mol. The van der Waals surface area contributed by atoms with Crippen molar-refractivity contribution in [1.82, 2.24) is 4.90 Å². The SMILES string of the molecule is O=C1CCC(=O)N1CCC(Oc1cccc(I)c1)c1ccc(F)cc1I. The molecule has 4 nitrogen and oxygen atoms in total. The number of imide groups is 1. The normalized spacial score (nSPS) is 15.4. The topological polar surface area (TPSA) is 46.6 Å². The maximum Gasteiger partial charge on any atom is 0.229 e. The largest absolute Gasteiger partial charge is 0.486 e. The summed E-state index contributed by atoms with van der Waals surface area (Å²) in [5.74, 6) is 0.103. The lowest BCUT2D eigenvalue weighted by molar-refractivity contribution is -0.138. The Labute approximate surface area is 178 Å². The Kier molecular flexibility index (Phi) is 6.49. The lowest BCUT2D eigenvalue weighted by atomic mass is 10.1. The van der Waals surface area contributed by atoms with Crippen LogP contribution in [0.2, 0.25) is 0 Å². The van der Waals surface area contributed by atoms with E-state index in [4.69, 9.17) is 4.74 Å². The molecule has 1 aliphatic heterocycles. The Bertz CT molecular complexity index is 827. The van der Waals surface area contributed by atoms with Gasteiger partial charge < -0.3 is 4.74 Å². The fourth-order valence-electron chi connectivity index (χ4n) is 2.86. The quantitative estimate of drug-likeness (QED) is 0.369. The molecule has 136 valence electrons. The van der Waals surface area contributed by atoms with Crippen LogP contribution in [0, 0.1) is 13.0 Å². The van der Waals surface area contributed by atoms with Gasteiger partial charge in [0.05, 0.1) is 0 Å². The molecule has 26 heavy (non-hydrogen) atoms. The van der Waals surface area contributed by atoms with Crippen molar-refractivity contribution in [3.8, 4) is 5.75 Å². The minimum Gasteiger partial charge on any atom is -0.486 e. The molecule has 1 heterocycles. The number of ether oxygens (including phenoxy) is 1. The van der Waals surface area contributed by atoms with Gasteiger partial charge in [-0.25, -0.2) is 4.39 Å². The van der Waals surface area contributed by atoms with Gasteiger partial charge in [-0.2, -0.15) is 0 Å². The maximum atomic E-state index is 13.5. The van der Waals surface area contributed by atoms with Crippen molar-refractivity contribution in [3.63, 3.8) is 0 Å². The molecule has 2 amide bonds. The molecule has 1 saturated heterocycles. The van der Waals surface area contributed by atoms with Gasteiger partial charge in [-0.05, 0) is 75.5 Å². The van der Waals surface area contributed by atoms with Crippen LogP contribution in [0.1, 0.15) is 30.9 Å². The number of nitrogens with zero attached hydrogens (tertiary/aromatic N) is 1. The summed E-state index contributed by atoms with van der Waals surface area (Å²) in [6, 6.07) is 12.2. The van der Waals surface area contributed by atoms with Crippen LogP contribution in [0.4, 0.5) is 4.39 Å². The van der Waals surface area contributed by atoms with Crippen molar-refractivity contribution < 1.29 is 18.7 Å². The zero-order chi connectivity index (χ0) is 18.7. The standard InChI is InChI=1S/C19H16FI2NO3/c20-12-4-5-15(16(22)10-12)17(26-14-3-1-2-13(21)11-14)8-9-23-18(24)6-7-19(23)25/h1-5,10-11,17H,6-9H2. The van der Waals surface area contributed by atoms with Crippen molar-refractivity contribution in [2.45, 2.75) is 25.4 Å². The Morgan fingerprint density at radius 2 is 1.81 bits per heavy atom. The van der Waals surface area contributed by atoms with E-state index < -0.39 is 0 Å². The van der Waals surface area contributed by atoms with Crippen molar-refractivity contribution in [3.05, 3.63) is 61.0 Å². The average molecular weight is 579 g/mol. The van der Waals surface area contributed by atoms with E-state index in [2.05, 4.69) is 45.2 Å². The molecule has 1 fully saturated rings. The van der Waals surface area contributed by atoms with E-state index in [1.165, 1.54) is 17.0 Å². The zero-order valence-corrected chi connectivity index (χ0v) is 18.1. The van der Waals surface area contributed by atoms with Crippen LogP contribution in [0.25, 0.3) is 0 Å². The van der Waals surface area contributed by atoms with E-state index in [-0.39, 0.29) is 36.6 Å². The van der Waals surface area contributed by atoms with E-state index in [1.54, 1.807) is 6.07 Å². The predicted octanol–water partition coefficient (Wildman–Crippen LogP) is 4.69. The minimum absolute atomic E-state index is 0.142. The van der Waals surface area contributed by atoms with Crippen LogP contribution >= 0.6 is 45.2 Å². The van der Waals surface area contributed by atoms with Gasteiger partial charge in [-0.3, -0.25) is 14.5 Å². The third-order valence-corrected chi connectivity index (χ3v) is 5.76. The molecule has 0 radical (unpaired) electrons. The predicted molar refractivity (Wildman–Crippen MR) is 112 cm³/mol. The lowest BCUT2D eigenvalue weighted by Gasteiger charge is -2.23. The number of hydrogen-bond donors (Lipinski definition) is 0. The van der Waals surface area contributed by atoms with Gasteiger partial charge in [-0.1, -0.05) is 12.1 Å². The second-order valence-corrected chi connectivity index (χ2v) is 8.37. The third kappa shape index (κ3) is 4.73.